The van der Waals surface area contributed by atoms with Crippen molar-refractivity contribution in [3.8, 4) is 5.75 Å². The van der Waals surface area contributed by atoms with E-state index in [1.54, 1.807) is 24.4 Å². The lowest BCUT2D eigenvalue weighted by Crippen LogP contribution is -2.37. The van der Waals surface area contributed by atoms with Crippen molar-refractivity contribution in [2.45, 2.75) is 43.7 Å². The molecule has 1 unspecified atom stereocenters. The van der Waals surface area contributed by atoms with E-state index in [-0.39, 0.29) is 17.3 Å². The highest BCUT2D eigenvalue weighted by Crippen LogP contribution is 2.33. The molecule has 0 fully saturated rings. The number of pyridine rings is 1. The molecular formula is C19H23N3O4S. The maximum atomic E-state index is 12.9. The van der Waals surface area contributed by atoms with Crippen LogP contribution in [0.25, 0.3) is 0 Å². The van der Waals surface area contributed by atoms with Gasteiger partial charge in [-0.05, 0) is 43.2 Å². The van der Waals surface area contributed by atoms with Crippen molar-refractivity contribution < 1.29 is 17.9 Å². The number of amides is 1. The number of hydrogen-bond donors (Lipinski definition) is 1. The summed E-state index contributed by atoms with van der Waals surface area (Å²) in [6.45, 7) is 2.20. The Labute approximate surface area is 159 Å². The number of carbonyl (C=O) groups excluding carboxylic acids is 1. The van der Waals surface area contributed by atoms with Crippen LogP contribution in [0, 0.1) is 0 Å². The molecule has 1 aromatic carbocycles. The van der Waals surface area contributed by atoms with Gasteiger partial charge in [-0.25, -0.2) is 8.42 Å². The number of nitrogens with one attached hydrogen (secondary N) is 1. The lowest BCUT2D eigenvalue weighted by atomic mass is 10.1. The van der Waals surface area contributed by atoms with E-state index < -0.39 is 16.1 Å². The molecule has 2 aromatic rings. The monoisotopic (exact) mass is 389 g/mol. The van der Waals surface area contributed by atoms with Crippen LogP contribution in [0.15, 0.2) is 47.5 Å². The SMILES string of the molecule is CCCCC1Oc2ccc(S(=O)(=O)N(C)Cc3ccccn3)cc2NC1=O. The number of anilines is 1. The topological polar surface area (TPSA) is 88.6 Å². The maximum absolute atomic E-state index is 12.9. The van der Waals surface area contributed by atoms with E-state index in [2.05, 4.69) is 10.3 Å². The van der Waals surface area contributed by atoms with Gasteiger partial charge >= 0.3 is 0 Å². The van der Waals surface area contributed by atoms with Crippen molar-refractivity contribution in [3.63, 3.8) is 0 Å². The average molecular weight is 389 g/mol. The number of carbonyl (C=O) groups is 1. The summed E-state index contributed by atoms with van der Waals surface area (Å²) in [6, 6.07) is 9.88. The minimum atomic E-state index is -3.73. The van der Waals surface area contributed by atoms with Gasteiger partial charge in [-0.15, -0.1) is 0 Å². The third kappa shape index (κ3) is 4.28. The van der Waals surface area contributed by atoms with E-state index in [9.17, 15) is 13.2 Å². The molecule has 1 aliphatic rings. The first-order valence-electron chi connectivity index (χ1n) is 8.89. The van der Waals surface area contributed by atoms with Gasteiger partial charge in [-0.2, -0.15) is 4.31 Å². The molecule has 0 bridgehead atoms. The Morgan fingerprint density at radius 1 is 1.26 bits per heavy atom. The first-order chi connectivity index (χ1) is 12.9. The van der Waals surface area contributed by atoms with E-state index in [4.69, 9.17) is 4.74 Å². The second-order valence-electron chi connectivity index (χ2n) is 6.48. The number of benzene rings is 1. The molecule has 1 atom stereocenters. The second kappa shape index (κ2) is 8.06. The zero-order chi connectivity index (χ0) is 19.4. The zero-order valence-electron chi connectivity index (χ0n) is 15.4. The first kappa shape index (κ1) is 19.3. The molecule has 1 amide bonds. The van der Waals surface area contributed by atoms with Crippen LogP contribution in [0.4, 0.5) is 5.69 Å². The van der Waals surface area contributed by atoms with Gasteiger partial charge in [0.15, 0.2) is 6.10 Å². The van der Waals surface area contributed by atoms with E-state index in [1.807, 2.05) is 13.0 Å². The maximum Gasteiger partial charge on any atom is 0.265 e. The third-order valence-electron chi connectivity index (χ3n) is 4.41. The lowest BCUT2D eigenvalue weighted by Gasteiger charge is -2.26. The Morgan fingerprint density at radius 3 is 2.78 bits per heavy atom. The van der Waals surface area contributed by atoms with Gasteiger partial charge in [0.1, 0.15) is 5.75 Å². The Kier molecular flexibility index (Phi) is 5.76. The number of aromatic nitrogens is 1. The number of unbranched alkanes of at least 4 members (excludes halogenated alkanes) is 1. The van der Waals surface area contributed by atoms with Gasteiger partial charge in [0.05, 0.1) is 22.8 Å². The lowest BCUT2D eigenvalue weighted by molar-refractivity contribution is -0.123. The Balaban J connectivity index is 1.80. The highest BCUT2D eigenvalue weighted by Gasteiger charge is 2.29. The normalized spacial score (nSPS) is 16.6. The summed E-state index contributed by atoms with van der Waals surface area (Å²) in [5.74, 6) is 0.245. The van der Waals surface area contributed by atoms with Crippen LogP contribution < -0.4 is 10.1 Å². The number of rotatable bonds is 7. The summed E-state index contributed by atoms with van der Waals surface area (Å²) in [5, 5.41) is 2.76. The minimum absolute atomic E-state index is 0.0931. The summed E-state index contributed by atoms with van der Waals surface area (Å²) in [4.78, 5) is 16.4. The van der Waals surface area contributed by atoms with Crippen molar-refractivity contribution >= 4 is 21.6 Å². The molecule has 0 aliphatic carbocycles. The fraction of sp³-hybridized carbons (Fsp3) is 0.368. The Bertz CT molecular complexity index is 916. The number of nitrogens with zero attached hydrogens (tertiary/aromatic N) is 2. The van der Waals surface area contributed by atoms with Gasteiger partial charge in [0.2, 0.25) is 10.0 Å². The highest BCUT2D eigenvalue weighted by atomic mass is 32.2. The van der Waals surface area contributed by atoms with Crippen LogP contribution in [0.1, 0.15) is 31.9 Å². The molecule has 1 N–H and O–H groups in total. The van der Waals surface area contributed by atoms with Gasteiger partial charge < -0.3 is 10.1 Å². The second-order valence-corrected chi connectivity index (χ2v) is 8.52. The fourth-order valence-corrected chi connectivity index (χ4v) is 4.02. The van der Waals surface area contributed by atoms with Gasteiger partial charge in [0.25, 0.3) is 5.91 Å². The van der Waals surface area contributed by atoms with Gasteiger partial charge in [-0.1, -0.05) is 19.4 Å². The number of sulfonamides is 1. The quantitative estimate of drug-likeness (QED) is 0.787. The predicted molar refractivity (Wildman–Crippen MR) is 102 cm³/mol. The molecule has 0 radical (unpaired) electrons. The first-order valence-corrected chi connectivity index (χ1v) is 10.3. The molecule has 1 aromatic heterocycles. The number of fused-ring (bicyclic) bond motifs is 1. The van der Waals surface area contributed by atoms with Gasteiger partial charge in [0, 0.05) is 13.2 Å². The van der Waals surface area contributed by atoms with Crippen LogP contribution >= 0.6 is 0 Å². The molecule has 1 aliphatic heterocycles. The van der Waals surface area contributed by atoms with E-state index >= 15 is 0 Å². The number of hydrogen-bond acceptors (Lipinski definition) is 5. The summed E-state index contributed by atoms with van der Waals surface area (Å²) in [7, 11) is -2.23. The molecule has 7 nitrogen and oxygen atoms in total. The summed E-state index contributed by atoms with van der Waals surface area (Å²) < 4.78 is 32.7. The van der Waals surface area contributed by atoms with E-state index in [0.29, 0.717) is 23.6 Å². The Morgan fingerprint density at radius 2 is 2.07 bits per heavy atom. The van der Waals surface area contributed by atoms with Crippen LogP contribution in [-0.2, 0) is 21.4 Å². The minimum Gasteiger partial charge on any atom is -0.478 e. The summed E-state index contributed by atoms with van der Waals surface area (Å²) >= 11 is 0. The van der Waals surface area contributed by atoms with E-state index in [0.717, 1.165) is 12.8 Å². The molecule has 8 heteroatoms. The third-order valence-corrected chi connectivity index (χ3v) is 6.21. The molecule has 27 heavy (non-hydrogen) atoms. The van der Waals surface area contributed by atoms with Crippen molar-refractivity contribution in [2.75, 3.05) is 12.4 Å². The van der Waals surface area contributed by atoms with Gasteiger partial charge in [-0.3, -0.25) is 9.78 Å². The molecule has 144 valence electrons. The highest BCUT2D eigenvalue weighted by molar-refractivity contribution is 7.89. The molecule has 0 saturated heterocycles. The van der Waals surface area contributed by atoms with Crippen molar-refractivity contribution in [1.82, 2.24) is 9.29 Å². The zero-order valence-corrected chi connectivity index (χ0v) is 16.2. The molecular weight excluding hydrogens is 366 g/mol. The number of ether oxygens (including phenoxy) is 1. The van der Waals surface area contributed by atoms with Crippen LogP contribution in [-0.4, -0.2) is 36.8 Å². The largest absolute Gasteiger partial charge is 0.478 e. The van der Waals surface area contributed by atoms with Crippen LogP contribution in [0.3, 0.4) is 0 Å². The predicted octanol–water partition coefficient (Wildman–Crippen LogP) is 2.79. The standard InChI is InChI=1S/C19H23N3O4S/c1-3-4-8-18-19(23)21-16-12-15(9-10-17(16)26-18)27(24,25)22(2)13-14-7-5-6-11-20-14/h5-7,9-12,18H,3-4,8,13H2,1-2H3,(H,21,23). The molecule has 0 saturated carbocycles. The fourth-order valence-electron chi connectivity index (χ4n) is 2.85. The molecule has 2 heterocycles. The summed E-state index contributed by atoms with van der Waals surface area (Å²) in [5.41, 5.74) is 1.02. The van der Waals surface area contributed by atoms with Crippen molar-refractivity contribution in [1.29, 1.82) is 0 Å². The molecule has 0 spiro atoms. The molecule has 3 rings (SSSR count). The summed E-state index contributed by atoms with van der Waals surface area (Å²) in [6.07, 6.45) is 3.58. The smallest absolute Gasteiger partial charge is 0.265 e. The van der Waals surface area contributed by atoms with Crippen molar-refractivity contribution in [2.24, 2.45) is 0 Å². The Hall–Kier alpha value is -2.45. The average Bonchev–Trinajstić information content (AvgIpc) is 2.66. The van der Waals surface area contributed by atoms with Crippen LogP contribution in [0.5, 0.6) is 5.75 Å². The van der Waals surface area contributed by atoms with Crippen molar-refractivity contribution in [3.05, 3.63) is 48.3 Å². The van der Waals surface area contributed by atoms with E-state index in [1.165, 1.54) is 23.5 Å². The van der Waals surface area contributed by atoms with Crippen LogP contribution in [0.2, 0.25) is 0 Å².